The van der Waals surface area contributed by atoms with Crippen LogP contribution in [0.4, 0.5) is 5.69 Å². The van der Waals surface area contributed by atoms with Gasteiger partial charge in [0.2, 0.25) is 5.91 Å². The minimum Gasteiger partial charge on any atom is -0.378 e. The summed E-state index contributed by atoms with van der Waals surface area (Å²) in [5, 5.41) is 9.77. The number of carbonyl (C=O) groups is 1. The van der Waals surface area contributed by atoms with Crippen molar-refractivity contribution < 1.29 is 9.90 Å². The molecule has 5 nitrogen and oxygen atoms in total. The highest BCUT2D eigenvalue weighted by atomic mass is 16.3. The number of carbonyl (C=O) groups excluding carboxylic acids is 1. The third-order valence-electron chi connectivity index (χ3n) is 7.93. The Kier molecular flexibility index (Phi) is 6.61. The molecule has 0 radical (unpaired) electrons. The van der Waals surface area contributed by atoms with E-state index < -0.39 is 5.60 Å². The molecule has 1 atom stereocenters. The molecule has 5 heteroatoms. The maximum atomic E-state index is 13.3. The largest absolute Gasteiger partial charge is 0.378 e. The van der Waals surface area contributed by atoms with Crippen molar-refractivity contribution in [1.82, 2.24) is 9.80 Å². The van der Waals surface area contributed by atoms with Crippen LogP contribution in [-0.4, -0.2) is 65.7 Å². The van der Waals surface area contributed by atoms with Crippen molar-refractivity contribution in [3.05, 3.63) is 65.7 Å². The Labute approximate surface area is 209 Å². The van der Waals surface area contributed by atoms with Crippen LogP contribution in [-0.2, 0) is 11.3 Å². The lowest BCUT2D eigenvalue weighted by Crippen LogP contribution is -2.50. The number of benzene rings is 2. The number of likely N-dealkylation sites (tertiary alicyclic amines) is 1. The van der Waals surface area contributed by atoms with Gasteiger partial charge in [0.25, 0.3) is 0 Å². The summed E-state index contributed by atoms with van der Waals surface area (Å²) in [5.74, 6) is 6.53. The molecule has 1 N–H and O–H groups in total. The molecule has 3 aliphatic rings. The van der Waals surface area contributed by atoms with E-state index in [0.29, 0.717) is 5.91 Å². The van der Waals surface area contributed by atoms with Crippen LogP contribution in [0.25, 0.3) is 0 Å². The molecule has 2 aromatic rings. The van der Waals surface area contributed by atoms with E-state index in [4.69, 9.17) is 0 Å². The summed E-state index contributed by atoms with van der Waals surface area (Å²) in [4.78, 5) is 20.3. The molecule has 2 saturated heterocycles. The fourth-order valence-electron chi connectivity index (χ4n) is 5.63. The van der Waals surface area contributed by atoms with E-state index >= 15 is 0 Å². The summed E-state index contributed by atoms with van der Waals surface area (Å²) in [5.41, 5.74) is 2.75. The number of amides is 1. The predicted octanol–water partition coefficient (Wildman–Crippen LogP) is 3.76. The van der Waals surface area contributed by atoms with Gasteiger partial charge in [0.05, 0.1) is 0 Å². The van der Waals surface area contributed by atoms with Crippen LogP contribution in [0.3, 0.4) is 0 Å². The number of aliphatic hydroxyl groups is 1. The van der Waals surface area contributed by atoms with Crippen LogP contribution < -0.4 is 4.90 Å². The standard InChI is InChI=1S/C30H37N3O2/c1-29(2,35)13-12-24-8-10-25(11-9-24)23-31-16-14-30(15-17-31)22-27(30)28(34)33-20-18-32(19-21-33)26-6-4-3-5-7-26/h3-11,27,35H,14-23H2,1-2H3. The van der Waals surface area contributed by atoms with Crippen LogP contribution in [0.15, 0.2) is 54.6 Å². The third-order valence-corrected chi connectivity index (χ3v) is 7.93. The number of piperazine rings is 1. The minimum atomic E-state index is -0.971. The number of hydrogen-bond acceptors (Lipinski definition) is 4. The molecule has 1 saturated carbocycles. The molecular formula is C30H37N3O2. The second-order valence-electron chi connectivity index (χ2n) is 11.0. The lowest BCUT2D eigenvalue weighted by atomic mass is 9.90. The van der Waals surface area contributed by atoms with E-state index in [-0.39, 0.29) is 11.3 Å². The van der Waals surface area contributed by atoms with Gasteiger partial charge in [-0.3, -0.25) is 9.69 Å². The predicted molar refractivity (Wildman–Crippen MR) is 140 cm³/mol. The average Bonchev–Trinajstić information content (AvgIpc) is 3.58. The van der Waals surface area contributed by atoms with E-state index in [1.54, 1.807) is 13.8 Å². The fraction of sp³-hybridized carbons (Fsp3) is 0.500. The zero-order valence-electron chi connectivity index (χ0n) is 21.0. The SMILES string of the molecule is CC(C)(O)C#Cc1ccc(CN2CCC3(CC2)CC3C(=O)N2CCN(c3ccccc3)CC2)cc1. The first kappa shape index (κ1) is 23.9. The van der Waals surface area contributed by atoms with Crippen molar-refractivity contribution >= 4 is 11.6 Å². The summed E-state index contributed by atoms with van der Waals surface area (Å²) in [6.07, 6.45) is 3.33. The summed E-state index contributed by atoms with van der Waals surface area (Å²) in [6, 6.07) is 18.9. The molecule has 1 amide bonds. The zero-order chi connectivity index (χ0) is 24.5. The van der Waals surface area contributed by atoms with Crippen LogP contribution in [0, 0.1) is 23.2 Å². The first-order valence-electron chi connectivity index (χ1n) is 13.0. The van der Waals surface area contributed by atoms with Gasteiger partial charge in [-0.1, -0.05) is 42.2 Å². The van der Waals surface area contributed by atoms with Crippen molar-refractivity contribution in [3.8, 4) is 11.8 Å². The molecule has 2 heterocycles. The van der Waals surface area contributed by atoms with Gasteiger partial charge in [-0.25, -0.2) is 0 Å². The molecule has 2 aliphatic heterocycles. The Morgan fingerprint density at radius 2 is 1.63 bits per heavy atom. The first-order valence-corrected chi connectivity index (χ1v) is 13.0. The van der Waals surface area contributed by atoms with Gasteiger partial charge in [0.1, 0.15) is 5.60 Å². The van der Waals surface area contributed by atoms with Crippen molar-refractivity contribution in [2.24, 2.45) is 11.3 Å². The Morgan fingerprint density at radius 3 is 2.26 bits per heavy atom. The van der Waals surface area contributed by atoms with Gasteiger partial charge < -0.3 is 14.9 Å². The summed E-state index contributed by atoms with van der Waals surface area (Å²) in [7, 11) is 0. The summed E-state index contributed by atoms with van der Waals surface area (Å²) < 4.78 is 0. The lowest BCUT2D eigenvalue weighted by Gasteiger charge is -2.37. The molecule has 5 rings (SSSR count). The first-order chi connectivity index (χ1) is 16.8. The number of rotatable bonds is 4. The Morgan fingerprint density at radius 1 is 0.971 bits per heavy atom. The average molecular weight is 472 g/mol. The maximum Gasteiger partial charge on any atom is 0.226 e. The van der Waals surface area contributed by atoms with E-state index in [1.807, 2.05) is 18.2 Å². The van der Waals surface area contributed by atoms with Crippen LogP contribution in [0.5, 0.6) is 0 Å². The molecule has 3 fully saturated rings. The van der Waals surface area contributed by atoms with E-state index in [9.17, 15) is 9.90 Å². The molecular weight excluding hydrogens is 434 g/mol. The summed E-state index contributed by atoms with van der Waals surface area (Å²) >= 11 is 0. The third kappa shape index (κ3) is 5.72. The van der Waals surface area contributed by atoms with Crippen LogP contribution >= 0.6 is 0 Å². The smallest absolute Gasteiger partial charge is 0.226 e. The quantitative estimate of drug-likeness (QED) is 0.690. The van der Waals surface area contributed by atoms with Crippen LogP contribution in [0.1, 0.15) is 44.2 Å². The highest BCUT2D eigenvalue weighted by Gasteiger charge is 2.59. The molecule has 1 spiro atoms. The van der Waals surface area contributed by atoms with E-state index in [1.165, 1.54) is 11.3 Å². The van der Waals surface area contributed by atoms with Crippen molar-refractivity contribution in [2.75, 3.05) is 44.2 Å². The molecule has 1 unspecified atom stereocenters. The van der Waals surface area contributed by atoms with Gasteiger partial charge >= 0.3 is 0 Å². The number of nitrogens with zero attached hydrogens (tertiary/aromatic N) is 3. The second kappa shape index (κ2) is 9.68. The van der Waals surface area contributed by atoms with E-state index in [2.05, 4.69) is 62.9 Å². The maximum absolute atomic E-state index is 13.3. The molecule has 2 aromatic carbocycles. The number of anilines is 1. The van der Waals surface area contributed by atoms with Gasteiger partial charge in [-0.2, -0.15) is 0 Å². The normalized spacial score (nSPS) is 22.0. The molecule has 35 heavy (non-hydrogen) atoms. The molecule has 0 aromatic heterocycles. The number of piperidine rings is 1. The van der Waals surface area contributed by atoms with Gasteiger partial charge in [0, 0.05) is 49.9 Å². The Hall–Kier alpha value is -2.81. The topological polar surface area (TPSA) is 47.0 Å². The van der Waals surface area contributed by atoms with Crippen molar-refractivity contribution in [1.29, 1.82) is 0 Å². The van der Waals surface area contributed by atoms with Crippen molar-refractivity contribution in [3.63, 3.8) is 0 Å². The van der Waals surface area contributed by atoms with Crippen LogP contribution in [0.2, 0.25) is 0 Å². The Bertz CT molecular complexity index is 1080. The number of para-hydroxylation sites is 1. The van der Waals surface area contributed by atoms with Gasteiger partial charge in [0.15, 0.2) is 0 Å². The molecule has 184 valence electrons. The molecule has 0 bridgehead atoms. The van der Waals surface area contributed by atoms with E-state index in [0.717, 1.165) is 70.6 Å². The number of hydrogen-bond donors (Lipinski definition) is 1. The second-order valence-corrected chi connectivity index (χ2v) is 11.0. The Balaban J connectivity index is 1.08. The highest BCUT2D eigenvalue weighted by molar-refractivity contribution is 5.83. The lowest BCUT2D eigenvalue weighted by molar-refractivity contribution is -0.134. The van der Waals surface area contributed by atoms with Gasteiger partial charge in [-0.15, -0.1) is 0 Å². The fourth-order valence-corrected chi connectivity index (χ4v) is 5.63. The zero-order valence-corrected chi connectivity index (χ0v) is 21.0. The highest BCUT2D eigenvalue weighted by Crippen LogP contribution is 2.60. The minimum absolute atomic E-state index is 0.238. The molecule has 1 aliphatic carbocycles. The van der Waals surface area contributed by atoms with Crippen molar-refractivity contribution in [2.45, 2.75) is 45.3 Å². The summed E-state index contributed by atoms with van der Waals surface area (Å²) in [6.45, 7) is 9.97. The monoisotopic (exact) mass is 471 g/mol. The van der Waals surface area contributed by atoms with Gasteiger partial charge in [-0.05, 0) is 81.4 Å².